The van der Waals surface area contributed by atoms with Gasteiger partial charge in [0.05, 0.1) is 37.9 Å². The topological polar surface area (TPSA) is 156 Å². The molecule has 0 atom stereocenters. The number of hydrogen-bond acceptors (Lipinski definition) is 9. The molecule has 0 amide bonds. The normalized spacial score (nSPS) is 15.2. The Bertz CT molecular complexity index is 1710. The monoisotopic (exact) mass is 473 g/mol. The van der Waals surface area contributed by atoms with Gasteiger partial charge >= 0.3 is 0 Å². The average Bonchev–Trinajstić information content (AvgIpc) is 2.97. The number of hydrogen-bond donors (Lipinski definition) is 2. The van der Waals surface area contributed by atoms with Gasteiger partial charge in [-0.3, -0.25) is 9.11 Å². The van der Waals surface area contributed by atoms with Crippen molar-refractivity contribution in [2.45, 2.75) is 9.79 Å². The number of rotatable bonds is 3. The molecule has 2 N–H and O–H groups in total. The van der Waals surface area contributed by atoms with E-state index in [1.165, 1.54) is 30.3 Å². The highest BCUT2D eigenvalue weighted by molar-refractivity contribution is 7.86. The lowest BCUT2D eigenvalue weighted by molar-refractivity contribution is -0.277. The Morgan fingerprint density at radius 2 is 1.44 bits per heavy atom. The Morgan fingerprint density at radius 3 is 2.06 bits per heavy atom. The second-order valence-corrected chi connectivity index (χ2v) is 10.1. The van der Waals surface area contributed by atoms with Crippen LogP contribution in [0.25, 0.3) is 44.3 Å². The first-order valence-corrected chi connectivity index (χ1v) is 11.9. The summed E-state index contributed by atoms with van der Waals surface area (Å²) in [5, 5.41) is 2.28. The molecule has 11 nitrogen and oxygen atoms in total. The summed E-state index contributed by atoms with van der Waals surface area (Å²) < 4.78 is 65.8. The molecule has 4 aromatic rings. The Morgan fingerprint density at radius 1 is 0.781 bits per heavy atom. The SMILES string of the molecule is O=S(=O)(O)c1cc2c3c(cc(N4OCO4)cc3c1)-c1nc3cc(S(=O)(=O)O)ccc3nc1-2. The molecule has 0 bridgehead atoms. The zero-order valence-corrected chi connectivity index (χ0v) is 17.4. The maximum Gasteiger partial charge on any atom is 0.294 e. The van der Waals surface area contributed by atoms with E-state index in [-0.39, 0.29) is 22.1 Å². The first kappa shape index (κ1) is 19.5. The Balaban J connectivity index is 1.70. The molecular formula is C19H11N3O8S2. The Kier molecular flexibility index (Phi) is 3.77. The van der Waals surface area contributed by atoms with Crippen LogP contribution in [0, 0.1) is 0 Å². The fourth-order valence-electron chi connectivity index (χ4n) is 3.93. The predicted octanol–water partition coefficient (Wildman–Crippen LogP) is 2.56. The van der Waals surface area contributed by atoms with Crippen molar-refractivity contribution in [3.05, 3.63) is 42.5 Å². The van der Waals surface area contributed by atoms with Gasteiger partial charge in [-0.25, -0.2) is 19.6 Å². The molecule has 1 saturated heterocycles. The molecule has 1 fully saturated rings. The van der Waals surface area contributed by atoms with Gasteiger partial charge < -0.3 is 0 Å². The quantitative estimate of drug-likeness (QED) is 0.371. The van der Waals surface area contributed by atoms with E-state index in [4.69, 9.17) is 9.68 Å². The predicted molar refractivity (Wildman–Crippen MR) is 111 cm³/mol. The highest BCUT2D eigenvalue weighted by Gasteiger charge is 2.30. The van der Waals surface area contributed by atoms with E-state index in [1.54, 1.807) is 12.1 Å². The summed E-state index contributed by atoms with van der Waals surface area (Å²) >= 11 is 0. The highest BCUT2D eigenvalue weighted by atomic mass is 32.2. The summed E-state index contributed by atoms with van der Waals surface area (Å²) in [6.45, 7) is 0.0587. The van der Waals surface area contributed by atoms with Gasteiger partial charge in [0, 0.05) is 16.5 Å². The summed E-state index contributed by atoms with van der Waals surface area (Å²) in [6, 6.07) is 9.79. The van der Waals surface area contributed by atoms with E-state index < -0.39 is 20.2 Å². The highest BCUT2D eigenvalue weighted by Crippen LogP contribution is 2.48. The fourth-order valence-corrected chi connectivity index (χ4v) is 4.97. The van der Waals surface area contributed by atoms with Crippen LogP contribution in [0.1, 0.15) is 0 Å². The minimum Gasteiger partial charge on any atom is -0.282 e. The number of benzene rings is 3. The van der Waals surface area contributed by atoms with E-state index >= 15 is 0 Å². The zero-order chi connectivity index (χ0) is 22.4. The summed E-state index contributed by atoms with van der Waals surface area (Å²) in [7, 11) is -8.95. The average molecular weight is 473 g/mol. The Hall–Kier alpha value is -3.20. The summed E-state index contributed by atoms with van der Waals surface area (Å²) in [6.07, 6.45) is 0. The molecule has 0 radical (unpaired) electrons. The maximum absolute atomic E-state index is 11.9. The lowest BCUT2D eigenvalue weighted by Crippen LogP contribution is -2.36. The van der Waals surface area contributed by atoms with Crippen molar-refractivity contribution < 1.29 is 35.6 Å². The molecule has 2 heterocycles. The van der Waals surface area contributed by atoms with Crippen molar-refractivity contribution in [1.29, 1.82) is 0 Å². The second-order valence-electron chi connectivity index (χ2n) is 7.22. The van der Waals surface area contributed by atoms with Gasteiger partial charge in [0.15, 0.2) is 0 Å². The number of fused-ring (bicyclic) bond motifs is 4. The van der Waals surface area contributed by atoms with Crippen molar-refractivity contribution in [2.75, 3.05) is 12.0 Å². The first-order valence-electron chi connectivity index (χ1n) is 9.05. The summed E-state index contributed by atoms with van der Waals surface area (Å²) in [4.78, 5) is 18.9. The largest absolute Gasteiger partial charge is 0.294 e. The van der Waals surface area contributed by atoms with Crippen molar-refractivity contribution in [2.24, 2.45) is 0 Å². The van der Waals surface area contributed by atoms with Gasteiger partial charge in [-0.2, -0.15) is 16.8 Å². The maximum atomic E-state index is 11.9. The van der Waals surface area contributed by atoms with Crippen LogP contribution in [0.3, 0.4) is 0 Å². The molecule has 6 rings (SSSR count). The number of anilines is 1. The van der Waals surface area contributed by atoms with E-state index in [1.807, 2.05) is 0 Å². The summed E-state index contributed by atoms with van der Waals surface area (Å²) in [5.74, 6) is 0. The van der Waals surface area contributed by atoms with Crippen molar-refractivity contribution in [1.82, 2.24) is 9.97 Å². The molecular weight excluding hydrogens is 462 g/mol. The van der Waals surface area contributed by atoms with Gasteiger partial charge in [0.2, 0.25) is 6.79 Å². The number of nitrogens with zero attached hydrogens (tertiary/aromatic N) is 3. The van der Waals surface area contributed by atoms with Gasteiger partial charge in [-0.05, 0) is 47.9 Å². The van der Waals surface area contributed by atoms with Gasteiger partial charge in [0.1, 0.15) is 0 Å². The molecule has 162 valence electrons. The van der Waals surface area contributed by atoms with Crippen LogP contribution >= 0.6 is 0 Å². The summed E-state index contributed by atoms with van der Waals surface area (Å²) in [5.41, 5.74) is 2.80. The van der Waals surface area contributed by atoms with Crippen LogP contribution in [-0.2, 0) is 29.9 Å². The molecule has 0 unspecified atom stereocenters. The van der Waals surface area contributed by atoms with Crippen LogP contribution in [0.2, 0.25) is 0 Å². The fraction of sp³-hybridized carbons (Fsp3) is 0.0526. The third-order valence-corrected chi connectivity index (χ3v) is 6.98. The minimum absolute atomic E-state index is 0.0587. The van der Waals surface area contributed by atoms with Crippen LogP contribution in [0.4, 0.5) is 5.69 Å². The first-order chi connectivity index (χ1) is 15.1. The number of aromatic nitrogens is 2. The molecule has 3 aromatic carbocycles. The third-order valence-electron chi connectivity index (χ3n) is 5.30. The van der Waals surface area contributed by atoms with E-state index in [0.717, 1.165) is 5.23 Å². The molecule has 0 saturated carbocycles. The van der Waals surface area contributed by atoms with Crippen molar-refractivity contribution >= 4 is 47.7 Å². The standard InChI is InChI=1S/C19H11N3O8S2/c23-31(24,25)11-1-2-15-16(7-11)21-18-13-5-10(22-29-8-30-22)3-9-4-12(32(26,27)28)6-14(17(9)13)19(18)20-15/h1-7H,8H2,(H,23,24,25)(H,26,27,28). The van der Waals surface area contributed by atoms with Gasteiger partial charge in [-0.1, -0.05) is 0 Å². The molecule has 1 aliphatic carbocycles. The van der Waals surface area contributed by atoms with Gasteiger partial charge in [0.25, 0.3) is 20.2 Å². The van der Waals surface area contributed by atoms with E-state index in [9.17, 15) is 25.9 Å². The Labute approximate surface area is 180 Å². The van der Waals surface area contributed by atoms with Gasteiger partial charge in [-0.15, -0.1) is 5.23 Å². The van der Waals surface area contributed by atoms with Crippen LogP contribution in [0.15, 0.2) is 52.3 Å². The van der Waals surface area contributed by atoms with E-state index in [0.29, 0.717) is 44.5 Å². The minimum atomic E-state index is -4.51. The van der Waals surface area contributed by atoms with Crippen LogP contribution < -0.4 is 5.23 Å². The molecule has 2 aliphatic rings. The molecule has 32 heavy (non-hydrogen) atoms. The lowest BCUT2D eigenvalue weighted by Gasteiger charge is -2.30. The lowest BCUT2D eigenvalue weighted by atomic mass is 10.0. The smallest absolute Gasteiger partial charge is 0.282 e. The van der Waals surface area contributed by atoms with Crippen molar-refractivity contribution in [3.8, 4) is 22.5 Å². The van der Waals surface area contributed by atoms with Crippen molar-refractivity contribution in [3.63, 3.8) is 0 Å². The van der Waals surface area contributed by atoms with Crippen LogP contribution in [0.5, 0.6) is 0 Å². The molecule has 1 aliphatic heterocycles. The van der Waals surface area contributed by atoms with Crippen LogP contribution in [-0.4, -0.2) is 42.7 Å². The van der Waals surface area contributed by atoms with E-state index in [2.05, 4.69) is 9.97 Å². The third kappa shape index (κ3) is 2.80. The molecule has 0 spiro atoms. The zero-order valence-electron chi connectivity index (χ0n) is 15.8. The molecule has 13 heteroatoms. The molecule has 1 aromatic heterocycles. The second kappa shape index (κ2) is 6.19.